The lowest BCUT2D eigenvalue weighted by atomic mass is 10.2. The third-order valence-corrected chi connectivity index (χ3v) is 1.53. The summed E-state index contributed by atoms with van der Waals surface area (Å²) in [4.78, 5) is 10.2. The number of carboxylic acid groups (broad SMARTS) is 1. The lowest BCUT2D eigenvalue weighted by Gasteiger charge is -2.09. The van der Waals surface area contributed by atoms with Crippen LogP contribution in [0.5, 0.6) is 0 Å². The highest BCUT2D eigenvalue weighted by Gasteiger charge is 2.25. The van der Waals surface area contributed by atoms with Crippen molar-refractivity contribution in [1.29, 1.82) is 0 Å². The molecular weight excluding hydrogens is 201 g/mol. The van der Waals surface area contributed by atoms with E-state index in [0.29, 0.717) is 0 Å². The molecule has 0 unspecified atom stereocenters. The molecule has 0 aliphatic heterocycles. The van der Waals surface area contributed by atoms with Crippen LogP contribution in [0.1, 0.15) is 12.8 Å². The summed E-state index contributed by atoms with van der Waals surface area (Å²) in [5.74, 6) is -1.15. The predicted octanol–water partition coefficient (Wildman–Crippen LogP) is 0.330. The lowest BCUT2D eigenvalue weighted by molar-refractivity contribution is -0.139. The van der Waals surface area contributed by atoms with Crippen molar-refractivity contribution in [3.63, 3.8) is 0 Å². The van der Waals surface area contributed by atoms with E-state index in [4.69, 9.17) is 10.8 Å². The number of rotatable bonds is 6. The largest absolute Gasteiger partial charge is 0.480 e. The van der Waals surface area contributed by atoms with Crippen molar-refractivity contribution in [2.24, 2.45) is 5.73 Å². The summed E-state index contributed by atoms with van der Waals surface area (Å²) in [6.45, 7) is -0.0423. The topological polar surface area (TPSA) is 75.3 Å². The van der Waals surface area contributed by atoms with Gasteiger partial charge in [0.1, 0.15) is 6.04 Å². The number of aliphatic carboxylic acids is 1. The van der Waals surface area contributed by atoms with Crippen LogP contribution in [0.25, 0.3) is 0 Å². The van der Waals surface area contributed by atoms with E-state index < -0.39 is 24.6 Å². The summed E-state index contributed by atoms with van der Waals surface area (Å²) >= 11 is 0. The van der Waals surface area contributed by atoms with Crippen molar-refractivity contribution in [3.8, 4) is 0 Å². The Morgan fingerprint density at radius 2 is 2.00 bits per heavy atom. The third kappa shape index (κ3) is 7.81. The maximum Gasteiger partial charge on any atom is 0.390 e. The van der Waals surface area contributed by atoms with Crippen molar-refractivity contribution >= 4 is 5.97 Å². The van der Waals surface area contributed by atoms with Crippen molar-refractivity contribution in [1.82, 2.24) is 5.32 Å². The number of carboxylic acids is 1. The molecule has 0 aromatic heterocycles. The zero-order valence-electron chi connectivity index (χ0n) is 7.47. The van der Waals surface area contributed by atoms with Gasteiger partial charge < -0.3 is 16.2 Å². The zero-order chi connectivity index (χ0) is 11.2. The van der Waals surface area contributed by atoms with Gasteiger partial charge in [-0.15, -0.1) is 0 Å². The van der Waals surface area contributed by atoms with Gasteiger partial charge in [-0.1, -0.05) is 0 Å². The molecule has 0 saturated heterocycles. The summed E-state index contributed by atoms with van der Waals surface area (Å²) in [5, 5.41) is 10.8. The molecule has 0 aromatic carbocycles. The molecule has 0 saturated carbocycles. The highest BCUT2D eigenvalue weighted by Crippen LogP contribution is 2.17. The summed E-state index contributed by atoms with van der Waals surface area (Å²) in [6, 6.07) is -1.02. The molecule has 0 bridgehead atoms. The molecule has 0 aliphatic rings. The van der Waals surface area contributed by atoms with Gasteiger partial charge in [-0.3, -0.25) is 4.79 Å². The van der Waals surface area contributed by atoms with Gasteiger partial charge in [0, 0.05) is 6.54 Å². The monoisotopic (exact) mass is 214 g/mol. The fourth-order valence-corrected chi connectivity index (χ4v) is 0.736. The summed E-state index contributed by atoms with van der Waals surface area (Å²) in [6.07, 6.45) is -4.98. The van der Waals surface area contributed by atoms with Crippen LogP contribution in [0, 0.1) is 0 Å². The molecule has 0 radical (unpaired) electrons. The second kappa shape index (κ2) is 5.82. The average molecular weight is 214 g/mol. The minimum Gasteiger partial charge on any atom is -0.480 e. The molecule has 0 fully saturated rings. The second-order valence-electron chi connectivity index (χ2n) is 2.85. The predicted molar refractivity (Wildman–Crippen MR) is 43.8 cm³/mol. The van der Waals surface area contributed by atoms with Crippen LogP contribution in [0.2, 0.25) is 0 Å². The first-order valence-corrected chi connectivity index (χ1v) is 4.09. The maximum atomic E-state index is 11.6. The standard InChI is InChI=1S/C7H13F3N2O2/c8-7(9,10)2-4-12-3-1-5(11)6(13)14/h5,12H,1-4,11H2,(H,13,14)/t5-/m0/s1. The molecule has 0 rings (SSSR count). The highest BCUT2D eigenvalue weighted by atomic mass is 19.4. The van der Waals surface area contributed by atoms with E-state index in [9.17, 15) is 18.0 Å². The molecule has 1 atom stereocenters. The molecular formula is C7H13F3N2O2. The van der Waals surface area contributed by atoms with Crippen molar-refractivity contribution in [2.75, 3.05) is 13.1 Å². The first-order chi connectivity index (χ1) is 6.33. The maximum absolute atomic E-state index is 11.6. The Morgan fingerprint density at radius 3 is 2.43 bits per heavy atom. The Labute approximate surface area is 79.3 Å². The fourth-order valence-electron chi connectivity index (χ4n) is 0.736. The van der Waals surface area contributed by atoms with Crippen molar-refractivity contribution in [2.45, 2.75) is 25.1 Å². The molecule has 84 valence electrons. The van der Waals surface area contributed by atoms with Crippen LogP contribution in [0.4, 0.5) is 13.2 Å². The zero-order valence-corrected chi connectivity index (χ0v) is 7.47. The molecule has 7 heteroatoms. The summed E-state index contributed by atoms with van der Waals surface area (Å²) in [5.41, 5.74) is 5.12. The Morgan fingerprint density at radius 1 is 1.43 bits per heavy atom. The fraction of sp³-hybridized carbons (Fsp3) is 0.857. The van der Waals surface area contributed by atoms with Crippen molar-refractivity contribution < 1.29 is 23.1 Å². The van der Waals surface area contributed by atoms with Gasteiger partial charge in [-0.2, -0.15) is 13.2 Å². The van der Waals surface area contributed by atoms with Crippen LogP contribution in [-0.4, -0.2) is 36.4 Å². The minimum atomic E-state index is -4.18. The van der Waals surface area contributed by atoms with E-state index in [1.165, 1.54) is 0 Å². The Hall–Kier alpha value is -0.820. The van der Waals surface area contributed by atoms with E-state index >= 15 is 0 Å². The number of alkyl halides is 3. The van der Waals surface area contributed by atoms with Crippen LogP contribution in [-0.2, 0) is 4.79 Å². The number of nitrogens with one attached hydrogen (secondary N) is 1. The summed E-state index contributed by atoms with van der Waals surface area (Å²) in [7, 11) is 0. The van der Waals surface area contributed by atoms with Crippen molar-refractivity contribution in [3.05, 3.63) is 0 Å². The van der Waals surface area contributed by atoms with Gasteiger partial charge in [0.2, 0.25) is 0 Å². The molecule has 0 aliphatic carbocycles. The van der Waals surface area contributed by atoms with E-state index in [1.807, 2.05) is 0 Å². The molecule has 4 nitrogen and oxygen atoms in total. The molecule has 0 aromatic rings. The SMILES string of the molecule is N[C@@H](CCNCCC(F)(F)F)C(=O)O. The van der Waals surface area contributed by atoms with Gasteiger partial charge in [0.25, 0.3) is 0 Å². The van der Waals surface area contributed by atoms with Gasteiger partial charge >= 0.3 is 12.1 Å². The summed E-state index contributed by atoms with van der Waals surface area (Å²) < 4.78 is 34.8. The first kappa shape index (κ1) is 13.2. The van der Waals surface area contributed by atoms with Gasteiger partial charge in [0.15, 0.2) is 0 Å². The third-order valence-electron chi connectivity index (χ3n) is 1.53. The Bertz CT molecular complexity index is 184. The average Bonchev–Trinajstić information content (AvgIpc) is 2.01. The smallest absolute Gasteiger partial charge is 0.390 e. The first-order valence-electron chi connectivity index (χ1n) is 4.09. The molecule has 0 spiro atoms. The Balaban J connectivity index is 3.35. The Kier molecular flexibility index (Phi) is 5.47. The van der Waals surface area contributed by atoms with Crippen LogP contribution in [0.15, 0.2) is 0 Å². The quantitative estimate of drug-likeness (QED) is 0.557. The number of carbonyl (C=O) groups is 1. The number of hydrogen-bond donors (Lipinski definition) is 3. The van der Waals surface area contributed by atoms with Gasteiger partial charge in [-0.05, 0) is 13.0 Å². The highest BCUT2D eigenvalue weighted by molar-refractivity contribution is 5.72. The minimum absolute atomic E-state index is 0.118. The number of nitrogens with two attached hydrogens (primary N) is 1. The molecule has 0 amide bonds. The van der Waals surface area contributed by atoms with E-state index in [-0.39, 0.29) is 19.5 Å². The lowest BCUT2D eigenvalue weighted by Crippen LogP contribution is -2.34. The van der Waals surface area contributed by atoms with E-state index in [2.05, 4.69) is 5.32 Å². The van der Waals surface area contributed by atoms with Gasteiger partial charge in [0.05, 0.1) is 6.42 Å². The molecule has 4 N–H and O–H groups in total. The van der Waals surface area contributed by atoms with Gasteiger partial charge in [-0.25, -0.2) is 0 Å². The molecule has 14 heavy (non-hydrogen) atoms. The van der Waals surface area contributed by atoms with Crippen LogP contribution < -0.4 is 11.1 Å². The molecule has 0 heterocycles. The number of halogens is 3. The van der Waals surface area contributed by atoms with Crippen LogP contribution in [0.3, 0.4) is 0 Å². The van der Waals surface area contributed by atoms with E-state index in [0.717, 1.165) is 0 Å². The normalized spacial score (nSPS) is 14.0. The van der Waals surface area contributed by atoms with E-state index in [1.54, 1.807) is 0 Å². The number of hydrogen-bond acceptors (Lipinski definition) is 3. The van der Waals surface area contributed by atoms with Crippen LogP contribution >= 0.6 is 0 Å². The second-order valence-corrected chi connectivity index (χ2v) is 2.85.